The lowest BCUT2D eigenvalue weighted by Gasteiger charge is -2.37. The van der Waals surface area contributed by atoms with E-state index in [1.54, 1.807) is 6.33 Å². The van der Waals surface area contributed by atoms with Gasteiger partial charge in [-0.05, 0) is 76.3 Å². The van der Waals surface area contributed by atoms with Crippen molar-refractivity contribution in [2.45, 2.75) is 18.4 Å². The first-order valence-corrected chi connectivity index (χ1v) is 21.2. The number of ether oxygens (including phenoxy) is 2. The maximum Gasteiger partial charge on any atom is 0.128 e. The zero-order valence-electron chi connectivity index (χ0n) is 35.7. The number of nitrogens with zero attached hydrogens (tertiary/aromatic N) is 4. The van der Waals surface area contributed by atoms with Crippen molar-refractivity contribution in [2.75, 3.05) is 37.9 Å². The summed E-state index contributed by atoms with van der Waals surface area (Å²) in [7, 11) is 4.09. The van der Waals surface area contributed by atoms with Gasteiger partial charge in [0.05, 0.1) is 43.5 Å². The van der Waals surface area contributed by atoms with Crippen LogP contribution in [0.4, 0.5) is 11.4 Å². The molecule has 3 N–H and O–H groups in total. The topological polar surface area (TPSA) is 94.2 Å². The molecule has 0 aliphatic heterocycles. The number of H-pyrrole nitrogens is 1. The molecule has 0 saturated carbocycles. The molecule has 0 atom stereocenters. The lowest BCUT2D eigenvalue weighted by Crippen LogP contribution is -2.36. The van der Waals surface area contributed by atoms with E-state index in [9.17, 15) is 0 Å². The third-order valence-corrected chi connectivity index (χ3v) is 11.1. The molecular formula is C55H52N6O2. The Hall–Kier alpha value is -7.84. The van der Waals surface area contributed by atoms with Gasteiger partial charge in [-0.25, -0.2) is 9.97 Å². The molecule has 8 nitrogen and oxygen atoms in total. The number of nitrogen functional groups attached to an aromatic ring is 1. The van der Waals surface area contributed by atoms with Crippen LogP contribution >= 0.6 is 0 Å². The van der Waals surface area contributed by atoms with Crippen LogP contribution in [0.15, 0.2) is 213 Å². The monoisotopic (exact) mass is 828 g/mol. The van der Waals surface area contributed by atoms with Crippen molar-refractivity contribution in [1.82, 2.24) is 19.5 Å². The molecule has 0 unspecified atom stereocenters. The quantitative estimate of drug-likeness (QED) is 0.0789. The van der Waals surface area contributed by atoms with Crippen molar-refractivity contribution in [3.05, 3.63) is 241 Å². The molecule has 7 aromatic carbocycles. The van der Waals surface area contributed by atoms with Gasteiger partial charge in [0.25, 0.3) is 0 Å². The standard InChI is InChI=1S/C36H31N3O.C19H21N3O/c37-32-22-20-28(21-23-32)24-25-40-35-19-11-10-18-33(35)34-26-39(27-38-34)36(29-12-4-1-5-13-29,30-14-6-2-7-15-30)31-16-8-3-9-17-31;1-22(2)16-9-7-15(8-10-16)11-12-23-19-6-4-3-5-17(19)18-13-20-14-21-18/h1-23,26-27H,24-25,37H2;3-10,13-14H,11-12H2,1-2H3,(H,20,21). The minimum Gasteiger partial charge on any atom is -0.493 e. The van der Waals surface area contributed by atoms with Crippen molar-refractivity contribution >= 4 is 11.4 Å². The van der Waals surface area contributed by atoms with E-state index in [4.69, 9.17) is 20.2 Å². The van der Waals surface area contributed by atoms with Crippen LogP contribution < -0.4 is 20.1 Å². The predicted molar refractivity (Wildman–Crippen MR) is 256 cm³/mol. The fourth-order valence-electron chi connectivity index (χ4n) is 7.86. The van der Waals surface area contributed by atoms with Crippen LogP contribution in [-0.4, -0.2) is 46.8 Å². The zero-order chi connectivity index (χ0) is 43.3. The van der Waals surface area contributed by atoms with Gasteiger partial charge in [0.15, 0.2) is 0 Å². The van der Waals surface area contributed by atoms with Crippen LogP contribution in [0.2, 0.25) is 0 Å². The Morgan fingerprint density at radius 3 is 1.56 bits per heavy atom. The largest absolute Gasteiger partial charge is 0.493 e. The number of aromatic nitrogens is 4. The Morgan fingerprint density at radius 2 is 1.05 bits per heavy atom. The summed E-state index contributed by atoms with van der Waals surface area (Å²) in [6, 6.07) is 64.5. The number of para-hydroxylation sites is 2. The number of nitrogens with two attached hydrogens (primary N) is 1. The van der Waals surface area contributed by atoms with Crippen molar-refractivity contribution in [2.24, 2.45) is 0 Å². The van der Waals surface area contributed by atoms with Crippen LogP contribution in [0.25, 0.3) is 22.5 Å². The van der Waals surface area contributed by atoms with E-state index in [0.29, 0.717) is 13.2 Å². The molecule has 63 heavy (non-hydrogen) atoms. The van der Waals surface area contributed by atoms with E-state index in [2.05, 4.69) is 147 Å². The molecule has 0 bridgehead atoms. The fraction of sp³-hybridized carbons (Fsp3) is 0.127. The Kier molecular flexibility index (Phi) is 13.4. The van der Waals surface area contributed by atoms with E-state index in [1.165, 1.54) is 16.8 Å². The van der Waals surface area contributed by atoms with E-state index in [0.717, 1.165) is 69.2 Å². The van der Waals surface area contributed by atoms with Gasteiger partial charge in [0.2, 0.25) is 0 Å². The van der Waals surface area contributed by atoms with Gasteiger partial charge in [-0.1, -0.05) is 140 Å². The molecule has 0 radical (unpaired) electrons. The third-order valence-electron chi connectivity index (χ3n) is 11.1. The molecule has 0 aliphatic carbocycles. The fourth-order valence-corrected chi connectivity index (χ4v) is 7.86. The Bertz CT molecular complexity index is 2660. The van der Waals surface area contributed by atoms with Gasteiger partial charge in [-0.3, -0.25) is 0 Å². The van der Waals surface area contributed by atoms with Gasteiger partial charge in [0, 0.05) is 55.6 Å². The summed E-state index contributed by atoms with van der Waals surface area (Å²) in [6.07, 6.45) is 9.23. The van der Waals surface area contributed by atoms with Gasteiger partial charge < -0.3 is 29.7 Å². The Morgan fingerprint density at radius 1 is 0.571 bits per heavy atom. The molecule has 9 rings (SSSR count). The van der Waals surface area contributed by atoms with Crippen LogP contribution in [0.5, 0.6) is 11.5 Å². The summed E-state index contributed by atoms with van der Waals surface area (Å²) in [5.41, 5.74) is 17.0. The molecule has 9 aromatic rings. The van der Waals surface area contributed by atoms with Gasteiger partial charge >= 0.3 is 0 Å². The molecule has 2 heterocycles. The summed E-state index contributed by atoms with van der Waals surface area (Å²) in [6.45, 7) is 1.20. The van der Waals surface area contributed by atoms with Crippen LogP contribution in [0, 0.1) is 0 Å². The summed E-state index contributed by atoms with van der Waals surface area (Å²) in [5, 5.41) is 0. The second kappa shape index (κ2) is 20.1. The maximum atomic E-state index is 6.29. The molecule has 0 aliphatic rings. The third kappa shape index (κ3) is 9.87. The average Bonchev–Trinajstić information content (AvgIpc) is 4.06. The predicted octanol–water partition coefficient (Wildman–Crippen LogP) is 11.4. The van der Waals surface area contributed by atoms with Gasteiger partial charge in [0.1, 0.15) is 17.0 Å². The molecule has 0 fully saturated rings. The highest BCUT2D eigenvalue weighted by atomic mass is 16.5. The van der Waals surface area contributed by atoms with Crippen molar-refractivity contribution in [3.8, 4) is 34.0 Å². The second-order valence-corrected chi connectivity index (χ2v) is 15.4. The molecular weight excluding hydrogens is 777 g/mol. The van der Waals surface area contributed by atoms with E-state index >= 15 is 0 Å². The lowest BCUT2D eigenvalue weighted by molar-refractivity contribution is 0.323. The summed E-state index contributed by atoms with van der Waals surface area (Å²) in [4.78, 5) is 14.2. The summed E-state index contributed by atoms with van der Waals surface area (Å²) in [5.74, 6) is 1.69. The highest BCUT2D eigenvalue weighted by Crippen LogP contribution is 2.42. The number of benzene rings is 7. The molecule has 0 spiro atoms. The van der Waals surface area contributed by atoms with Crippen molar-refractivity contribution in [3.63, 3.8) is 0 Å². The Balaban J connectivity index is 0.000000201. The highest BCUT2D eigenvalue weighted by molar-refractivity contribution is 5.68. The smallest absolute Gasteiger partial charge is 0.128 e. The first kappa shape index (κ1) is 41.9. The minimum atomic E-state index is -0.611. The number of aromatic amines is 1. The number of imidazole rings is 2. The SMILES string of the molecule is CN(C)c1ccc(CCOc2ccccc2-c2cnc[nH]2)cc1.Nc1ccc(CCOc2ccccc2-c2cn(C(c3ccccc3)(c3ccccc3)c3ccccc3)cn2)cc1. The number of hydrogen-bond acceptors (Lipinski definition) is 6. The van der Waals surface area contributed by atoms with E-state index < -0.39 is 5.54 Å². The van der Waals surface area contributed by atoms with Crippen molar-refractivity contribution < 1.29 is 9.47 Å². The Labute approximate surface area is 370 Å². The normalized spacial score (nSPS) is 11.0. The second-order valence-electron chi connectivity index (χ2n) is 15.4. The first-order valence-electron chi connectivity index (χ1n) is 21.2. The van der Waals surface area contributed by atoms with Gasteiger partial charge in [-0.15, -0.1) is 0 Å². The highest BCUT2D eigenvalue weighted by Gasteiger charge is 2.38. The average molecular weight is 829 g/mol. The number of hydrogen-bond donors (Lipinski definition) is 2. The number of anilines is 2. The van der Waals surface area contributed by atoms with E-state index in [-0.39, 0.29) is 0 Å². The minimum absolute atomic E-state index is 0.559. The van der Waals surface area contributed by atoms with Crippen LogP contribution in [0.1, 0.15) is 27.8 Å². The lowest BCUT2D eigenvalue weighted by atomic mass is 9.77. The zero-order valence-corrected chi connectivity index (χ0v) is 35.7. The summed E-state index contributed by atoms with van der Waals surface area (Å²) < 4.78 is 14.5. The van der Waals surface area contributed by atoms with E-state index in [1.807, 2.05) is 93.3 Å². The first-order chi connectivity index (χ1) is 31.0. The summed E-state index contributed by atoms with van der Waals surface area (Å²) >= 11 is 0. The van der Waals surface area contributed by atoms with Crippen molar-refractivity contribution in [1.29, 1.82) is 0 Å². The molecule has 0 saturated heterocycles. The molecule has 314 valence electrons. The molecule has 0 amide bonds. The number of nitrogens with one attached hydrogen (secondary N) is 1. The van der Waals surface area contributed by atoms with Crippen LogP contribution in [0.3, 0.4) is 0 Å². The maximum absolute atomic E-state index is 6.29. The van der Waals surface area contributed by atoms with Crippen LogP contribution in [-0.2, 0) is 18.4 Å². The molecule has 8 heteroatoms. The number of rotatable bonds is 15. The molecule has 2 aromatic heterocycles. The van der Waals surface area contributed by atoms with Gasteiger partial charge in [-0.2, -0.15) is 0 Å².